The fourth-order valence-corrected chi connectivity index (χ4v) is 2.62. The molecule has 0 saturated carbocycles. The van der Waals surface area contributed by atoms with E-state index in [9.17, 15) is 9.59 Å². The normalized spacial score (nSPS) is 14.7. The molecule has 0 atom stereocenters. The number of hydrogen-bond acceptors (Lipinski definition) is 4. The predicted molar refractivity (Wildman–Crippen MR) is 73.8 cm³/mol. The van der Waals surface area contributed by atoms with Crippen molar-refractivity contribution < 1.29 is 9.59 Å². The van der Waals surface area contributed by atoms with Crippen LogP contribution in [0.5, 0.6) is 0 Å². The van der Waals surface area contributed by atoms with Crippen molar-refractivity contribution >= 4 is 23.6 Å². The Balaban J connectivity index is 1.61. The minimum absolute atomic E-state index is 0.00606. The molecule has 0 spiro atoms. The number of carbonyl (C=O) groups is 2. The fourth-order valence-electron chi connectivity index (χ4n) is 1.91. The van der Waals surface area contributed by atoms with Crippen LogP contribution in [-0.2, 0) is 9.59 Å². The van der Waals surface area contributed by atoms with Gasteiger partial charge in [0.1, 0.15) is 0 Å². The van der Waals surface area contributed by atoms with Crippen LogP contribution in [0.3, 0.4) is 0 Å². The minimum Gasteiger partial charge on any atom is -0.354 e. The Labute approximate surface area is 116 Å². The highest BCUT2D eigenvalue weighted by atomic mass is 32.2. The number of aromatic nitrogens is 1. The topological polar surface area (TPSA) is 62.3 Å². The van der Waals surface area contributed by atoms with Crippen molar-refractivity contribution in [1.82, 2.24) is 15.2 Å². The molecule has 19 heavy (non-hydrogen) atoms. The summed E-state index contributed by atoms with van der Waals surface area (Å²) in [6.45, 7) is 1.96. The fraction of sp³-hybridized carbons (Fsp3) is 0.462. The summed E-state index contributed by atoms with van der Waals surface area (Å²) in [5.74, 6) is 0.576. The molecule has 1 aliphatic rings. The molecular formula is C13H17N3O2S. The number of carbonyl (C=O) groups excluding carboxylic acids is 2. The van der Waals surface area contributed by atoms with Gasteiger partial charge in [0.2, 0.25) is 11.8 Å². The van der Waals surface area contributed by atoms with Crippen molar-refractivity contribution in [3.8, 4) is 0 Å². The highest BCUT2D eigenvalue weighted by Gasteiger charge is 2.19. The van der Waals surface area contributed by atoms with Crippen molar-refractivity contribution in [1.29, 1.82) is 0 Å². The standard InChI is InChI=1S/C13H17N3O2S/c17-12(10-19-11-3-5-14-6-4-11)15-7-9-16-8-1-2-13(16)18/h3-6H,1-2,7-10H2,(H,15,17). The summed E-state index contributed by atoms with van der Waals surface area (Å²) in [5, 5.41) is 2.83. The molecule has 2 rings (SSSR count). The van der Waals surface area contributed by atoms with E-state index in [1.165, 1.54) is 11.8 Å². The van der Waals surface area contributed by atoms with Crippen LogP contribution in [-0.4, -0.2) is 47.1 Å². The van der Waals surface area contributed by atoms with Crippen LogP contribution in [0, 0.1) is 0 Å². The van der Waals surface area contributed by atoms with Crippen LogP contribution < -0.4 is 5.32 Å². The van der Waals surface area contributed by atoms with Crippen LogP contribution >= 0.6 is 11.8 Å². The Hall–Kier alpha value is -1.56. The number of pyridine rings is 1. The molecule has 1 fully saturated rings. The highest BCUT2D eigenvalue weighted by molar-refractivity contribution is 8.00. The van der Waals surface area contributed by atoms with Gasteiger partial charge in [0, 0.05) is 43.3 Å². The first-order valence-corrected chi connectivity index (χ1v) is 7.31. The van der Waals surface area contributed by atoms with E-state index in [1.807, 2.05) is 12.1 Å². The van der Waals surface area contributed by atoms with Crippen molar-refractivity contribution in [2.75, 3.05) is 25.4 Å². The number of rotatable bonds is 6. The van der Waals surface area contributed by atoms with Crippen LogP contribution in [0.4, 0.5) is 0 Å². The molecule has 0 radical (unpaired) electrons. The third-order valence-electron chi connectivity index (χ3n) is 2.89. The van der Waals surface area contributed by atoms with E-state index in [0.29, 0.717) is 25.3 Å². The zero-order valence-corrected chi connectivity index (χ0v) is 11.5. The molecular weight excluding hydrogens is 262 g/mol. The molecule has 2 amide bonds. The molecule has 6 heteroatoms. The number of nitrogens with one attached hydrogen (secondary N) is 1. The van der Waals surface area contributed by atoms with Gasteiger partial charge in [0.05, 0.1) is 5.75 Å². The van der Waals surface area contributed by atoms with Gasteiger partial charge < -0.3 is 10.2 Å². The molecule has 102 valence electrons. The van der Waals surface area contributed by atoms with E-state index in [4.69, 9.17) is 0 Å². The Morgan fingerprint density at radius 1 is 1.42 bits per heavy atom. The monoisotopic (exact) mass is 279 g/mol. The lowest BCUT2D eigenvalue weighted by molar-refractivity contribution is -0.128. The van der Waals surface area contributed by atoms with Crippen LogP contribution in [0.2, 0.25) is 0 Å². The molecule has 1 saturated heterocycles. The second-order valence-electron chi connectivity index (χ2n) is 4.31. The lowest BCUT2D eigenvalue weighted by Crippen LogP contribution is -2.36. The maximum absolute atomic E-state index is 11.6. The molecule has 0 aliphatic carbocycles. The largest absolute Gasteiger partial charge is 0.354 e. The number of likely N-dealkylation sites (tertiary alicyclic amines) is 1. The number of nitrogens with zero attached hydrogens (tertiary/aromatic N) is 2. The van der Waals surface area contributed by atoms with Gasteiger partial charge in [-0.05, 0) is 18.6 Å². The summed E-state index contributed by atoms with van der Waals surface area (Å²) in [6.07, 6.45) is 5.00. The van der Waals surface area contributed by atoms with E-state index in [2.05, 4.69) is 10.3 Å². The molecule has 1 aromatic rings. The zero-order valence-electron chi connectivity index (χ0n) is 10.7. The number of thioether (sulfide) groups is 1. The van der Waals surface area contributed by atoms with Gasteiger partial charge in [0.15, 0.2) is 0 Å². The zero-order chi connectivity index (χ0) is 13.5. The van der Waals surface area contributed by atoms with Gasteiger partial charge in [-0.1, -0.05) is 0 Å². The Kier molecular flexibility index (Phi) is 5.20. The Morgan fingerprint density at radius 3 is 2.89 bits per heavy atom. The SMILES string of the molecule is O=C(CSc1ccncc1)NCCN1CCCC1=O. The summed E-state index contributed by atoms with van der Waals surface area (Å²) in [6, 6.07) is 3.75. The smallest absolute Gasteiger partial charge is 0.230 e. The maximum Gasteiger partial charge on any atom is 0.230 e. The summed E-state index contributed by atoms with van der Waals surface area (Å²) in [5.41, 5.74) is 0. The van der Waals surface area contributed by atoms with E-state index in [0.717, 1.165) is 17.9 Å². The Morgan fingerprint density at radius 2 is 2.21 bits per heavy atom. The summed E-state index contributed by atoms with van der Waals surface area (Å²) in [7, 11) is 0. The predicted octanol–water partition coefficient (Wildman–Crippen LogP) is 0.912. The third-order valence-corrected chi connectivity index (χ3v) is 3.91. The molecule has 1 aliphatic heterocycles. The van der Waals surface area contributed by atoms with Crippen LogP contribution in [0.15, 0.2) is 29.4 Å². The second kappa shape index (κ2) is 7.13. The van der Waals surface area contributed by atoms with E-state index in [-0.39, 0.29) is 11.8 Å². The van der Waals surface area contributed by atoms with Crippen molar-refractivity contribution in [2.24, 2.45) is 0 Å². The van der Waals surface area contributed by atoms with Crippen LogP contribution in [0.1, 0.15) is 12.8 Å². The van der Waals surface area contributed by atoms with E-state index in [1.54, 1.807) is 17.3 Å². The van der Waals surface area contributed by atoms with E-state index >= 15 is 0 Å². The minimum atomic E-state index is -0.00606. The van der Waals surface area contributed by atoms with Crippen molar-refractivity contribution in [3.05, 3.63) is 24.5 Å². The first-order chi connectivity index (χ1) is 9.25. The number of hydrogen-bond donors (Lipinski definition) is 1. The molecule has 1 N–H and O–H groups in total. The van der Waals surface area contributed by atoms with Crippen molar-refractivity contribution in [2.45, 2.75) is 17.7 Å². The van der Waals surface area contributed by atoms with Gasteiger partial charge in [-0.3, -0.25) is 14.6 Å². The van der Waals surface area contributed by atoms with Crippen molar-refractivity contribution in [3.63, 3.8) is 0 Å². The van der Waals surface area contributed by atoms with Gasteiger partial charge in [-0.15, -0.1) is 11.8 Å². The maximum atomic E-state index is 11.6. The summed E-state index contributed by atoms with van der Waals surface area (Å²) >= 11 is 1.48. The highest BCUT2D eigenvalue weighted by Crippen LogP contribution is 2.15. The average molecular weight is 279 g/mol. The quantitative estimate of drug-likeness (QED) is 0.786. The molecule has 1 aromatic heterocycles. The molecule has 5 nitrogen and oxygen atoms in total. The lowest BCUT2D eigenvalue weighted by atomic mass is 10.4. The molecule has 0 bridgehead atoms. The third kappa shape index (κ3) is 4.55. The van der Waals surface area contributed by atoms with Gasteiger partial charge >= 0.3 is 0 Å². The summed E-state index contributed by atoms with van der Waals surface area (Å²) in [4.78, 5) is 29.7. The van der Waals surface area contributed by atoms with Gasteiger partial charge in [-0.2, -0.15) is 0 Å². The lowest BCUT2D eigenvalue weighted by Gasteiger charge is -2.15. The molecule has 2 heterocycles. The Bertz CT molecular complexity index is 439. The van der Waals surface area contributed by atoms with Crippen LogP contribution in [0.25, 0.3) is 0 Å². The molecule has 0 unspecified atom stereocenters. The number of amides is 2. The van der Waals surface area contributed by atoms with Gasteiger partial charge in [-0.25, -0.2) is 0 Å². The van der Waals surface area contributed by atoms with E-state index < -0.39 is 0 Å². The molecule has 0 aromatic carbocycles. The second-order valence-corrected chi connectivity index (χ2v) is 5.35. The van der Waals surface area contributed by atoms with Gasteiger partial charge in [0.25, 0.3) is 0 Å². The first-order valence-electron chi connectivity index (χ1n) is 6.33. The first kappa shape index (κ1) is 13.9. The average Bonchev–Trinajstić information content (AvgIpc) is 2.83. The summed E-state index contributed by atoms with van der Waals surface area (Å²) < 4.78 is 0.